The highest BCUT2D eigenvalue weighted by atomic mass is 31.2. The van der Waals surface area contributed by atoms with Gasteiger partial charge in [0.05, 0.1) is 26.1 Å². The molecule has 18 heteroatoms. The number of anilines is 1. The number of ether oxygens (including phenoxy) is 4. The summed E-state index contributed by atoms with van der Waals surface area (Å²) in [5.74, 6) is -1.65. The van der Waals surface area contributed by atoms with E-state index >= 15 is 0 Å². The van der Waals surface area contributed by atoms with E-state index in [-0.39, 0.29) is 41.9 Å². The highest BCUT2D eigenvalue weighted by Crippen LogP contribution is 2.48. The number of hydrogen-bond acceptors (Lipinski definition) is 15. The molecule has 3 aromatic rings. The number of carbonyl (C=O) groups excluding carboxylic acids is 2. The third-order valence-electron chi connectivity index (χ3n) is 7.53. The summed E-state index contributed by atoms with van der Waals surface area (Å²) in [5, 5.41) is 25.2. The predicted octanol–water partition coefficient (Wildman–Crippen LogP) is 2.66. The van der Waals surface area contributed by atoms with Gasteiger partial charge in [0.25, 0.3) is 0 Å². The Morgan fingerprint density at radius 2 is 1.84 bits per heavy atom. The Balaban J connectivity index is 1.57. The van der Waals surface area contributed by atoms with Crippen LogP contribution in [0.4, 0.5) is 5.95 Å². The number of fused-ring (bicyclic) bond motifs is 1. The van der Waals surface area contributed by atoms with Gasteiger partial charge in [-0.2, -0.15) is 9.97 Å². The van der Waals surface area contributed by atoms with Gasteiger partial charge in [0.1, 0.15) is 30.5 Å². The number of nitrogens with two attached hydrogens (primary N) is 1. The smallest absolute Gasteiger partial charge is 0.407 e. The summed E-state index contributed by atoms with van der Waals surface area (Å²) in [7, 11) is -3.21. The number of carbonyl (C=O) groups is 2. The fourth-order valence-corrected chi connectivity index (χ4v) is 6.78. The number of benzene rings is 1. The van der Waals surface area contributed by atoms with Crippen molar-refractivity contribution in [2.75, 3.05) is 19.5 Å². The van der Waals surface area contributed by atoms with Crippen molar-refractivity contribution >= 4 is 36.8 Å². The molecular formula is C31H45N6O11P. The lowest BCUT2D eigenvalue weighted by Crippen LogP contribution is -2.45. The number of nitrogens with one attached hydrogen (secondary N) is 1. The van der Waals surface area contributed by atoms with Gasteiger partial charge >= 0.3 is 19.7 Å². The van der Waals surface area contributed by atoms with E-state index in [1.807, 2.05) is 19.9 Å². The minimum absolute atomic E-state index is 0.0590. The maximum absolute atomic E-state index is 14.4. The van der Waals surface area contributed by atoms with Gasteiger partial charge in [-0.3, -0.25) is 18.4 Å². The number of esters is 2. The molecule has 270 valence electrons. The molecule has 0 amide bonds. The molecule has 1 aliphatic rings. The number of aliphatic hydroxyl groups is 2. The lowest BCUT2D eigenvalue weighted by molar-refractivity contribution is -0.153. The topological polar surface area (TPSA) is 229 Å². The Morgan fingerprint density at radius 3 is 2.47 bits per heavy atom. The zero-order valence-electron chi connectivity index (χ0n) is 28.5. The molecule has 0 saturated carbocycles. The summed E-state index contributed by atoms with van der Waals surface area (Å²) < 4.78 is 49.1. The van der Waals surface area contributed by atoms with Crippen LogP contribution in [-0.2, 0) is 44.0 Å². The molecule has 1 aliphatic heterocycles. The van der Waals surface area contributed by atoms with Crippen LogP contribution >= 0.6 is 7.75 Å². The molecule has 5 N–H and O–H groups in total. The Bertz CT molecular complexity index is 1640. The Kier molecular flexibility index (Phi) is 12.4. The van der Waals surface area contributed by atoms with Crippen LogP contribution in [0.1, 0.15) is 59.8 Å². The van der Waals surface area contributed by atoms with Crippen molar-refractivity contribution in [3.8, 4) is 5.88 Å². The molecule has 0 spiro atoms. The first-order chi connectivity index (χ1) is 23.0. The molecule has 4 rings (SSSR count). The highest BCUT2D eigenvalue weighted by molar-refractivity contribution is 7.51. The fourth-order valence-electron chi connectivity index (χ4n) is 5.14. The van der Waals surface area contributed by atoms with Crippen LogP contribution in [0.5, 0.6) is 5.88 Å². The number of aromatic nitrogens is 4. The van der Waals surface area contributed by atoms with Crippen molar-refractivity contribution in [2.24, 2.45) is 5.92 Å². The van der Waals surface area contributed by atoms with Crippen molar-refractivity contribution in [1.82, 2.24) is 24.6 Å². The number of nitrogen functional groups attached to an aromatic ring is 1. The predicted molar refractivity (Wildman–Crippen MR) is 175 cm³/mol. The summed E-state index contributed by atoms with van der Waals surface area (Å²) in [6.07, 6.45) is -4.60. The lowest BCUT2D eigenvalue weighted by Gasteiger charge is -2.28. The van der Waals surface area contributed by atoms with Gasteiger partial charge in [-0.25, -0.2) is 19.4 Å². The van der Waals surface area contributed by atoms with E-state index < -0.39 is 68.6 Å². The second-order valence-electron chi connectivity index (χ2n) is 12.5. The largest absolute Gasteiger partial charge is 0.479 e. The summed E-state index contributed by atoms with van der Waals surface area (Å²) in [6, 6.07) is 7.77. The van der Waals surface area contributed by atoms with Crippen LogP contribution in [0.25, 0.3) is 11.2 Å². The van der Waals surface area contributed by atoms with Crippen molar-refractivity contribution in [2.45, 2.75) is 96.9 Å². The van der Waals surface area contributed by atoms with E-state index in [9.17, 15) is 24.4 Å². The summed E-state index contributed by atoms with van der Waals surface area (Å²) in [5.41, 5.74) is 4.99. The summed E-state index contributed by atoms with van der Waals surface area (Å²) in [4.78, 5) is 38.4. The molecule has 1 aromatic carbocycles. The van der Waals surface area contributed by atoms with Crippen LogP contribution < -0.4 is 15.6 Å². The zero-order chi connectivity index (χ0) is 36.1. The number of aliphatic hydroxyl groups excluding tert-OH is 1. The normalized spacial score (nSPS) is 23.4. The lowest BCUT2D eigenvalue weighted by atomic mass is 9.96. The van der Waals surface area contributed by atoms with Crippen LogP contribution in [0.2, 0.25) is 0 Å². The Morgan fingerprint density at radius 1 is 1.14 bits per heavy atom. The second kappa shape index (κ2) is 15.9. The van der Waals surface area contributed by atoms with Crippen LogP contribution in [0, 0.1) is 5.92 Å². The number of imidazole rings is 1. The molecule has 0 radical (unpaired) electrons. The monoisotopic (exact) mass is 708 g/mol. The van der Waals surface area contributed by atoms with Crippen molar-refractivity contribution in [3.05, 3.63) is 42.2 Å². The minimum Gasteiger partial charge on any atom is -0.479 e. The van der Waals surface area contributed by atoms with Crippen LogP contribution in [0.15, 0.2) is 36.7 Å². The summed E-state index contributed by atoms with van der Waals surface area (Å²) in [6.45, 7) is 9.01. The van der Waals surface area contributed by atoms with Crippen LogP contribution in [0.3, 0.4) is 0 Å². The van der Waals surface area contributed by atoms with Crippen LogP contribution in [-0.4, -0.2) is 91.4 Å². The molecular weight excluding hydrogens is 663 g/mol. The average Bonchev–Trinajstić information content (AvgIpc) is 3.54. The van der Waals surface area contributed by atoms with Gasteiger partial charge in [0, 0.05) is 0 Å². The number of hydrogen-bond donors (Lipinski definition) is 4. The number of rotatable bonds is 16. The molecule has 7 unspecified atom stereocenters. The maximum Gasteiger partial charge on any atom is 0.407 e. The SMILES string of the molecule is COc1nc(N)nc2c1ncn2C1OC(COP(=O)(NC(CC(C)C)C(=O)OC(C)C)OC(C)C(=O)OCc2ccccc2)C(O)C1(C)O. The van der Waals surface area contributed by atoms with Gasteiger partial charge in [-0.05, 0) is 45.6 Å². The quantitative estimate of drug-likeness (QED) is 0.124. The van der Waals surface area contributed by atoms with E-state index in [1.54, 1.807) is 38.1 Å². The zero-order valence-corrected chi connectivity index (χ0v) is 29.4. The third kappa shape index (κ3) is 9.30. The van der Waals surface area contributed by atoms with E-state index in [4.69, 9.17) is 33.7 Å². The van der Waals surface area contributed by atoms with Crippen molar-refractivity contribution < 1.29 is 52.4 Å². The first-order valence-electron chi connectivity index (χ1n) is 15.8. The molecule has 2 aromatic heterocycles. The standard InChI is InChI=1S/C31H45N6O11P/c1-17(2)13-21(28(40)46-18(3)4)36-49(42,48-19(5)27(39)44-14-20-11-9-8-10-12-20)45-15-22-24(38)31(6,41)29(47-22)37-16-33-23-25(37)34-30(32)35-26(23)43-7/h8-12,16-19,21-22,24,29,38,41H,13-15H2,1-7H3,(H,36,42)(H2,32,34,35). The second-order valence-corrected chi connectivity index (χ2v) is 14.3. The fraction of sp³-hybridized carbons (Fsp3) is 0.581. The molecule has 1 fully saturated rings. The first-order valence-corrected chi connectivity index (χ1v) is 17.3. The molecule has 0 aliphatic carbocycles. The minimum atomic E-state index is -4.59. The van der Waals surface area contributed by atoms with Gasteiger partial charge < -0.3 is 34.9 Å². The van der Waals surface area contributed by atoms with E-state index in [0.29, 0.717) is 0 Å². The Labute approximate surface area is 284 Å². The molecule has 49 heavy (non-hydrogen) atoms. The van der Waals surface area contributed by atoms with Gasteiger partial charge in [0.2, 0.25) is 11.8 Å². The Hall–Kier alpha value is -3.70. The first kappa shape index (κ1) is 38.1. The molecule has 7 atom stereocenters. The number of nitrogens with zero attached hydrogens (tertiary/aromatic N) is 4. The molecule has 1 saturated heterocycles. The molecule has 0 bridgehead atoms. The van der Waals surface area contributed by atoms with Crippen molar-refractivity contribution in [1.29, 1.82) is 0 Å². The van der Waals surface area contributed by atoms with Gasteiger partial charge in [0.15, 0.2) is 23.5 Å². The summed E-state index contributed by atoms with van der Waals surface area (Å²) >= 11 is 0. The van der Waals surface area contributed by atoms with Crippen molar-refractivity contribution in [3.63, 3.8) is 0 Å². The van der Waals surface area contributed by atoms with Gasteiger partial charge in [-0.15, -0.1) is 0 Å². The number of methoxy groups -OCH3 is 1. The van der Waals surface area contributed by atoms with E-state index in [1.165, 1.54) is 31.9 Å². The average molecular weight is 709 g/mol. The molecule has 17 nitrogen and oxygen atoms in total. The van der Waals surface area contributed by atoms with Gasteiger partial charge in [-0.1, -0.05) is 44.2 Å². The highest BCUT2D eigenvalue weighted by Gasteiger charge is 2.54. The maximum atomic E-state index is 14.4. The van der Waals surface area contributed by atoms with E-state index in [0.717, 1.165) is 5.56 Å². The molecule has 3 heterocycles. The third-order valence-corrected chi connectivity index (χ3v) is 9.24. The van der Waals surface area contributed by atoms with E-state index in [2.05, 4.69) is 20.0 Å².